The van der Waals surface area contributed by atoms with Gasteiger partial charge in [0.15, 0.2) is 16.6 Å². The number of ether oxygens (including phenoxy) is 2. The van der Waals surface area contributed by atoms with Crippen LogP contribution in [0, 0.1) is 0 Å². The highest BCUT2D eigenvalue weighted by atomic mass is 28.4. The first-order valence-electron chi connectivity index (χ1n) is 9.42. The summed E-state index contributed by atoms with van der Waals surface area (Å²) in [6.07, 6.45) is 5.07. The van der Waals surface area contributed by atoms with Crippen LogP contribution in [0.25, 0.3) is 0 Å². The van der Waals surface area contributed by atoms with Gasteiger partial charge in [0.1, 0.15) is 12.4 Å². The van der Waals surface area contributed by atoms with Crippen LogP contribution in [0.5, 0.6) is 0 Å². The maximum absolute atomic E-state index is 11.6. The molecular weight excluding hydrogens is 352 g/mol. The fourth-order valence-corrected chi connectivity index (χ4v) is 11.9. The summed E-state index contributed by atoms with van der Waals surface area (Å²) in [5.74, 6) is 0.133. The molecule has 0 aliphatic heterocycles. The molecule has 0 saturated carbocycles. The van der Waals surface area contributed by atoms with Crippen molar-refractivity contribution in [2.75, 3.05) is 20.3 Å². The molecule has 0 rings (SSSR count). The zero-order valence-electron chi connectivity index (χ0n) is 17.1. The van der Waals surface area contributed by atoms with Gasteiger partial charge in [-0.25, -0.2) is 0 Å². The summed E-state index contributed by atoms with van der Waals surface area (Å²) in [5, 5.41) is 0. The Bertz CT molecular complexity index is 397. The second-order valence-corrected chi connectivity index (χ2v) is 16.8. The maximum Gasteiger partial charge on any atom is 0.305 e. The van der Waals surface area contributed by atoms with Gasteiger partial charge in [0.2, 0.25) is 0 Å². The lowest BCUT2D eigenvalue weighted by Gasteiger charge is -2.34. The number of esters is 1. The van der Waals surface area contributed by atoms with Crippen molar-refractivity contribution >= 4 is 28.4 Å². The van der Waals surface area contributed by atoms with Crippen molar-refractivity contribution < 1.29 is 23.2 Å². The van der Waals surface area contributed by atoms with E-state index in [0.29, 0.717) is 26.1 Å². The van der Waals surface area contributed by atoms with Crippen LogP contribution in [-0.2, 0) is 23.2 Å². The predicted molar refractivity (Wildman–Crippen MR) is 107 cm³/mol. The minimum absolute atomic E-state index is 0.141. The van der Waals surface area contributed by atoms with Crippen LogP contribution in [0.1, 0.15) is 45.4 Å². The van der Waals surface area contributed by atoms with E-state index in [1.807, 2.05) is 0 Å². The lowest BCUT2D eigenvalue weighted by atomic mass is 10.2. The summed E-state index contributed by atoms with van der Waals surface area (Å²) in [4.78, 5) is 22.6. The van der Waals surface area contributed by atoms with E-state index in [2.05, 4.69) is 26.2 Å². The molecule has 0 spiro atoms. The summed E-state index contributed by atoms with van der Waals surface area (Å²) >= 11 is 0. The van der Waals surface area contributed by atoms with Crippen LogP contribution in [0.3, 0.4) is 0 Å². The van der Waals surface area contributed by atoms with Crippen molar-refractivity contribution in [3.63, 3.8) is 0 Å². The average Bonchev–Trinajstić information content (AvgIpc) is 2.47. The first-order chi connectivity index (χ1) is 11.6. The number of hydrogen-bond donors (Lipinski definition) is 0. The van der Waals surface area contributed by atoms with E-state index >= 15 is 0 Å². The molecule has 25 heavy (non-hydrogen) atoms. The van der Waals surface area contributed by atoms with E-state index < -0.39 is 16.6 Å². The zero-order chi connectivity index (χ0) is 19.3. The third-order valence-corrected chi connectivity index (χ3v) is 11.6. The van der Waals surface area contributed by atoms with Gasteiger partial charge in [-0.2, -0.15) is 0 Å². The number of rotatable bonds is 15. The summed E-state index contributed by atoms with van der Waals surface area (Å²) in [5.41, 5.74) is 0. The summed E-state index contributed by atoms with van der Waals surface area (Å²) < 4.78 is 16.5. The third-order valence-electron chi connectivity index (χ3n) is 4.07. The Balaban J connectivity index is 3.97. The normalized spacial score (nSPS) is 12.2. The molecule has 0 aromatic heterocycles. The number of carbonyl (C=O) groups is 2. The van der Waals surface area contributed by atoms with Gasteiger partial charge in [0.25, 0.3) is 0 Å². The summed E-state index contributed by atoms with van der Waals surface area (Å²) in [6.45, 7) is 11.5. The van der Waals surface area contributed by atoms with Gasteiger partial charge in [-0.3, -0.25) is 4.79 Å². The quantitative estimate of drug-likeness (QED) is 0.233. The highest BCUT2D eigenvalue weighted by molar-refractivity contribution is 6.84. The average molecular weight is 391 g/mol. The number of Topliss-reactive ketones (excluding diaryl/α,β-unsaturated/α-hetero) is 1. The number of unbranched alkanes of at least 4 members (excludes halogenated alkanes) is 2. The molecule has 0 aliphatic carbocycles. The van der Waals surface area contributed by atoms with E-state index in [-0.39, 0.29) is 11.8 Å². The van der Waals surface area contributed by atoms with Crippen LogP contribution in [-0.4, -0.2) is 48.7 Å². The number of ketones is 1. The highest BCUT2D eigenvalue weighted by Gasteiger charge is 2.32. The molecule has 148 valence electrons. The van der Waals surface area contributed by atoms with Crippen LogP contribution in [0.2, 0.25) is 38.3 Å². The first kappa shape index (κ1) is 24.5. The van der Waals surface area contributed by atoms with Gasteiger partial charge in [0.05, 0.1) is 6.61 Å². The Morgan fingerprint density at radius 2 is 1.32 bits per heavy atom. The molecule has 0 heterocycles. The monoisotopic (exact) mass is 390 g/mol. The van der Waals surface area contributed by atoms with Gasteiger partial charge in [-0.1, -0.05) is 12.8 Å². The van der Waals surface area contributed by atoms with Gasteiger partial charge in [0, 0.05) is 20.0 Å². The van der Waals surface area contributed by atoms with E-state index in [1.165, 1.54) is 0 Å². The SMILES string of the molecule is COCCOC(=O)CCCC[Si](C)(C)O[Si](C)(C)CCCCC(C)=O. The minimum atomic E-state index is -1.70. The topological polar surface area (TPSA) is 61.8 Å². The van der Waals surface area contributed by atoms with Gasteiger partial charge < -0.3 is 18.4 Å². The molecule has 0 aliphatic rings. The number of carbonyl (C=O) groups excluding carboxylic acids is 2. The molecule has 0 unspecified atom stereocenters. The lowest BCUT2D eigenvalue weighted by Crippen LogP contribution is -2.44. The Morgan fingerprint density at radius 3 is 1.80 bits per heavy atom. The third kappa shape index (κ3) is 15.5. The molecular formula is C18H38O5Si2. The smallest absolute Gasteiger partial charge is 0.305 e. The Kier molecular flexibility index (Phi) is 12.5. The molecule has 0 fully saturated rings. The molecule has 0 N–H and O–H groups in total. The molecule has 0 atom stereocenters. The predicted octanol–water partition coefficient (Wildman–Crippen LogP) is 4.53. The molecule has 0 aromatic carbocycles. The summed E-state index contributed by atoms with van der Waals surface area (Å²) in [6, 6.07) is 2.19. The van der Waals surface area contributed by atoms with Crippen molar-refractivity contribution in [3.8, 4) is 0 Å². The molecule has 0 bridgehead atoms. The second-order valence-electron chi connectivity index (χ2n) is 7.95. The molecule has 5 nitrogen and oxygen atoms in total. The Labute approximate surface area is 156 Å². The maximum atomic E-state index is 11.6. The van der Waals surface area contributed by atoms with Crippen molar-refractivity contribution in [2.45, 2.75) is 83.7 Å². The second kappa shape index (κ2) is 12.8. The lowest BCUT2D eigenvalue weighted by molar-refractivity contribution is -0.145. The Morgan fingerprint density at radius 1 is 0.800 bits per heavy atom. The zero-order valence-corrected chi connectivity index (χ0v) is 19.1. The Hall–Kier alpha value is -0.506. The molecule has 0 saturated heterocycles. The molecule has 0 amide bonds. The largest absolute Gasteiger partial charge is 0.463 e. The van der Waals surface area contributed by atoms with Crippen LogP contribution in [0.4, 0.5) is 0 Å². The summed E-state index contributed by atoms with van der Waals surface area (Å²) in [7, 11) is -1.78. The van der Waals surface area contributed by atoms with E-state index in [4.69, 9.17) is 13.6 Å². The minimum Gasteiger partial charge on any atom is -0.463 e. The molecule has 7 heteroatoms. The van der Waals surface area contributed by atoms with Crippen LogP contribution < -0.4 is 0 Å². The van der Waals surface area contributed by atoms with Crippen molar-refractivity contribution in [1.29, 1.82) is 0 Å². The fraction of sp³-hybridized carbons (Fsp3) is 0.889. The van der Waals surface area contributed by atoms with E-state index in [9.17, 15) is 9.59 Å². The van der Waals surface area contributed by atoms with Crippen molar-refractivity contribution in [1.82, 2.24) is 0 Å². The highest BCUT2D eigenvalue weighted by Crippen LogP contribution is 2.25. The van der Waals surface area contributed by atoms with Crippen LogP contribution in [0.15, 0.2) is 0 Å². The first-order valence-corrected chi connectivity index (χ1v) is 15.7. The molecule has 0 radical (unpaired) electrons. The van der Waals surface area contributed by atoms with Crippen molar-refractivity contribution in [3.05, 3.63) is 0 Å². The standard InChI is InChI=1S/C18H38O5Si2/c1-17(19)11-7-9-15-24(3,4)23-25(5,6)16-10-8-12-18(20)22-14-13-21-2/h7-16H2,1-6H3. The van der Waals surface area contributed by atoms with Gasteiger partial charge >= 0.3 is 5.97 Å². The fourth-order valence-electron chi connectivity index (χ4n) is 2.91. The van der Waals surface area contributed by atoms with Gasteiger partial charge in [-0.15, -0.1) is 0 Å². The number of methoxy groups -OCH3 is 1. The van der Waals surface area contributed by atoms with Crippen molar-refractivity contribution in [2.24, 2.45) is 0 Å². The molecule has 0 aromatic rings. The van der Waals surface area contributed by atoms with Gasteiger partial charge in [-0.05, 0) is 58.0 Å². The van der Waals surface area contributed by atoms with Crippen LogP contribution >= 0.6 is 0 Å². The van der Waals surface area contributed by atoms with E-state index in [1.54, 1.807) is 14.0 Å². The number of hydrogen-bond acceptors (Lipinski definition) is 5. The van der Waals surface area contributed by atoms with E-state index in [0.717, 1.165) is 37.8 Å².